The van der Waals surface area contributed by atoms with Crippen molar-refractivity contribution in [1.82, 2.24) is 20.4 Å². The molecule has 2 N–H and O–H groups in total. The van der Waals surface area contributed by atoms with Crippen molar-refractivity contribution in [1.29, 1.82) is 0 Å². The number of likely N-dealkylation sites (tertiary alicyclic amines) is 1. The van der Waals surface area contributed by atoms with Crippen molar-refractivity contribution in [2.24, 2.45) is 5.41 Å². The fraction of sp³-hybridized carbons (Fsp3) is 0.545. The van der Waals surface area contributed by atoms with Gasteiger partial charge in [-0.25, -0.2) is 0 Å². The van der Waals surface area contributed by atoms with Crippen molar-refractivity contribution in [3.05, 3.63) is 34.9 Å². The Balaban J connectivity index is 1.37. The Kier molecular flexibility index (Phi) is 4.71. The van der Waals surface area contributed by atoms with Crippen LogP contribution in [0.2, 0.25) is 0 Å². The molecule has 8 heteroatoms. The lowest BCUT2D eigenvalue weighted by molar-refractivity contribution is -0.136. The van der Waals surface area contributed by atoms with Gasteiger partial charge < -0.3 is 5.32 Å². The minimum Gasteiger partial charge on any atom is -0.316 e. The summed E-state index contributed by atoms with van der Waals surface area (Å²) in [5.74, 6) is -1.81. The summed E-state index contributed by atoms with van der Waals surface area (Å²) in [6.07, 6.45) is 3.87. The number of nitrogens with one attached hydrogen (secondary N) is 2. The molecule has 0 saturated carbocycles. The highest BCUT2D eigenvalue weighted by atomic mass is 16.2. The van der Waals surface area contributed by atoms with Gasteiger partial charge in [0.15, 0.2) is 0 Å². The lowest BCUT2D eigenvalue weighted by atomic mass is 9.80. The fourth-order valence-corrected chi connectivity index (χ4v) is 5.50. The summed E-state index contributed by atoms with van der Waals surface area (Å²) in [6, 6.07) is 4.44. The van der Waals surface area contributed by atoms with E-state index in [0.717, 1.165) is 43.1 Å². The number of hydrogen-bond donors (Lipinski definition) is 2. The Hall–Kier alpha value is -2.58. The summed E-state index contributed by atoms with van der Waals surface area (Å²) in [7, 11) is 0. The number of fused-ring (bicyclic) bond motifs is 1. The number of amides is 4. The second-order valence-electron chi connectivity index (χ2n) is 9.03. The van der Waals surface area contributed by atoms with Crippen molar-refractivity contribution < 1.29 is 19.2 Å². The molecule has 0 bridgehead atoms. The number of imide groups is 2. The first-order valence-corrected chi connectivity index (χ1v) is 10.7. The predicted molar refractivity (Wildman–Crippen MR) is 108 cm³/mol. The molecule has 1 aromatic rings. The molecule has 8 nitrogen and oxygen atoms in total. The van der Waals surface area contributed by atoms with E-state index in [9.17, 15) is 19.2 Å². The third kappa shape index (κ3) is 3.15. The van der Waals surface area contributed by atoms with Crippen LogP contribution >= 0.6 is 0 Å². The van der Waals surface area contributed by atoms with Gasteiger partial charge in [0.2, 0.25) is 11.8 Å². The zero-order valence-electron chi connectivity index (χ0n) is 16.9. The van der Waals surface area contributed by atoms with Crippen molar-refractivity contribution in [2.45, 2.75) is 44.7 Å². The molecule has 30 heavy (non-hydrogen) atoms. The first kappa shape index (κ1) is 19.4. The fourth-order valence-electron chi connectivity index (χ4n) is 5.50. The SMILES string of the molecule is O=C1CCC(N2C(=O)c3cccc(CN4CCC5(CCCNC5)C4)c3C2=O)C(=O)N1. The van der Waals surface area contributed by atoms with E-state index >= 15 is 0 Å². The van der Waals surface area contributed by atoms with Crippen LogP contribution in [-0.2, 0) is 16.1 Å². The number of benzene rings is 1. The lowest BCUT2D eigenvalue weighted by Crippen LogP contribution is -2.54. The molecule has 158 valence electrons. The number of carbonyl (C=O) groups is 4. The first-order valence-electron chi connectivity index (χ1n) is 10.7. The average molecular weight is 410 g/mol. The molecule has 4 aliphatic rings. The molecular weight excluding hydrogens is 384 g/mol. The van der Waals surface area contributed by atoms with Gasteiger partial charge in [0, 0.05) is 26.1 Å². The first-order chi connectivity index (χ1) is 14.5. The summed E-state index contributed by atoms with van der Waals surface area (Å²) in [5, 5.41) is 5.75. The highest BCUT2D eigenvalue weighted by molar-refractivity contribution is 6.24. The molecule has 0 radical (unpaired) electrons. The molecule has 3 fully saturated rings. The molecule has 4 heterocycles. The monoisotopic (exact) mass is 410 g/mol. The maximum atomic E-state index is 13.2. The number of nitrogens with zero attached hydrogens (tertiary/aromatic N) is 2. The van der Waals surface area contributed by atoms with Gasteiger partial charge in [0.25, 0.3) is 11.8 Å². The van der Waals surface area contributed by atoms with E-state index in [-0.39, 0.29) is 18.7 Å². The smallest absolute Gasteiger partial charge is 0.262 e. The second-order valence-corrected chi connectivity index (χ2v) is 9.03. The minimum atomic E-state index is -0.925. The van der Waals surface area contributed by atoms with Crippen LogP contribution in [0.5, 0.6) is 0 Å². The van der Waals surface area contributed by atoms with E-state index in [1.807, 2.05) is 6.07 Å². The summed E-state index contributed by atoms with van der Waals surface area (Å²) < 4.78 is 0. The van der Waals surface area contributed by atoms with Gasteiger partial charge in [0.1, 0.15) is 6.04 Å². The molecule has 2 atom stereocenters. The van der Waals surface area contributed by atoms with E-state index in [1.165, 1.54) is 12.8 Å². The largest absolute Gasteiger partial charge is 0.316 e. The molecule has 3 saturated heterocycles. The molecule has 5 rings (SSSR count). The maximum absolute atomic E-state index is 13.2. The number of rotatable bonds is 3. The topological polar surface area (TPSA) is 98.8 Å². The highest BCUT2D eigenvalue weighted by Gasteiger charge is 2.46. The standard InChI is InChI=1S/C22H26N4O4/c27-17-6-5-16(19(28)24-17)26-20(29)15-4-1-3-14(18(15)21(26)30)11-25-10-8-22(13-25)7-2-9-23-12-22/h1,3-4,16,23H,2,5-13H2,(H,24,27,28). The van der Waals surface area contributed by atoms with Crippen LogP contribution in [0.25, 0.3) is 0 Å². The lowest BCUT2D eigenvalue weighted by Gasteiger charge is -2.34. The Morgan fingerprint density at radius 1 is 1.10 bits per heavy atom. The number of carbonyl (C=O) groups excluding carboxylic acids is 4. The van der Waals surface area contributed by atoms with Gasteiger partial charge in [-0.2, -0.15) is 0 Å². The second kappa shape index (κ2) is 7.28. The van der Waals surface area contributed by atoms with Crippen molar-refractivity contribution in [2.75, 3.05) is 26.2 Å². The molecular formula is C22H26N4O4. The summed E-state index contributed by atoms with van der Waals surface area (Å²) in [6.45, 7) is 4.71. The van der Waals surface area contributed by atoms with Crippen LogP contribution in [0.1, 0.15) is 58.4 Å². The zero-order chi connectivity index (χ0) is 20.9. The molecule has 1 aromatic carbocycles. The van der Waals surface area contributed by atoms with Crippen molar-refractivity contribution in [3.8, 4) is 0 Å². The van der Waals surface area contributed by atoms with Crippen LogP contribution in [0.15, 0.2) is 18.2 Å². The van der Waals surface area contributed by atoms with Gasteiger partial charge in [-0.05, 0) is 55.8 Å². The molecule has 1 spiro atoms. The third-order valence-corrected chi connectivity index (χ3v) is 7.03. The van der Waals surface area contributed by atoms with Crippen LogP contribution in [0.4, 0.5) is 0 Å². The zero-order valence-corrected chi connectivity index (χ0v) is 16.9. The molecule has 0 aliphatic carbocycles. The normalized spacial score (nSPS) is 29.6. The van der Waals surface area contributed by atoms with E-state index in [4.69, 9.17) is 0 Å². The number of hydrogen-bond acceptors (Lipinski definition) is 6. The molecule has 4 aliphatic heterocycles. The van der Waals surface area contributed by atoms with Crippen LogP contribution < -0.4 is 10.6 Å². The average Bonchev–Trinajstić information content (AvgIpc) is 3.22. The molecule has 4 amide bonds. The van der Waals surface area contributed by atoms with Crippen LogP contribution in [0.3, 0.4) is 0 Å². The Morgan fingerprint density at radius 2 is 1.97 bits per heavy atom. The van der Waals surface area contributed by atoms with Crippen molar-refractivity contribution in [3.63, 3.8) is 0 Å². The highest BCUT2D eigenvalue weighted by Crippen LogP contribution is 2.38. The van der Waals surface area contributed by atoms with E-state index in [2.05, 4.69) is 15.5 Å². The van der Waals surface area contributed by atoms with Gasteiger partial charge in [-0.3, -0.25) is 34.3 Å². The van der Waals surface area contributed by atoms with E-state index in [0.29, 0.717) is 23.1 Å². The van der Waals surface area contributed by atoms with Gasteiger partial charge in [-0.15, -0.1) is 0 Å². The quantitative estimate of drug-likeness (QED) is 0.711. The van der Waals surface area contributed by atoms with Gasteiger partial charge in [-0.1, -0.05) is 12.1 Å². The minimum absolute atomic E-state index is 0.126. The van der Waals surface area contributed by atoms with E-state index < -0.39 is 23.8 Å². The Bertz CT molecular complexity index is 937. The molecule has 2 unspecified atom stereocenters. The van der Waals surface area contributed by atoms with Gasteiger partial charge >= 0.3 is 0 Å². The predicted octanol–water partition coefficient (Wildman–Crippen LogP) is 0.663. The Morgan fingerprint density at radius 3 is 2.73 bits per heavy atom. The summed E-state index contributed by atoms with van der Waals surface area (Å²) in [4.78, 5) is 53.4. The third-order valence-electron chi connectivity index (χ3n) is 7.03. The van der Waals surface area contributed by atoms with Crippen LogP contribution in [-0.4, -0.2) is 65.6 Å². The van der Waals surface area contributed by atoms with Gasteiger partial charge in [0.05, 0.1) is 11.1 Å². The Labute approximate surface area is 175 Å². The van der Waals surface area contributed by atoms with Crippen molar-refractivity contribution >= 4 is 23.6 Å². The summed E-state index contributed by atoms with van der Waals surface area (Å²) in [5.41, 5.74) is 1.92. The van der Waals surface area contributed by atoms with E-state index in [1.54, 1.807) is 12.1 Å². The summed E-state index contributed by atoms with van der Waals surface area (Å²) >= 11 is 0. The maximum Gasteiger partial charge on any atom is 0.262 e. The van der Waals surface area contributed by atoms with Crippen LogP contribution in [0, 0.1) is 5.41 Å². The number of piperidine rings is 2. The molecule has 0 aromatic heterocycles.